The van der Waals surface area contributed by atoms with Crippen molar-refractivity contribution in [2.75, 3.05) is 0 Å². The molecule has 2 aliphatic rings. The number of hydrogen-bond acceptors (Lipinski definition) is 0. The molecule has 1 heterocycles. The van der Waals surface area contributed by atoms with Crippen LogP contribution in [0.3, 0.4) is 0 Å². The minimum Gasteiger partial charge on any atom is -0.157 e. The molecule has 0 saturated carbocycles. The molecule has 156 valence electrons. The number of benzene rings is 2. The number of halogens is 2. The molecule has 0 radical (unpaired) electrons. The summed E-state index contributed by atoms with van der Waals surface area (Å²) in [7, 11) is 9.60. The molecular weight excluding hydrogens is 517 g/mol. The van der Waals surface area contributed by atoms with E-state index >= 15 is 0 Å². The third kappa shape index (κ3) is 5.17. The molecule has 1 unspecified atom stereocenters. The van der Waals surface area contributed by atoms with Crippen LogP contribution in [-0.2, 0) is 33.7 Å². The fraction of sp³-hybridized carbons (Fsp3) is 0.222. The van der Waals surface area contributed by atoms with Crippen LogP contribution < -0.4 is 0 Å². The summed E-state index contributed by atoms with van der Waals surface area (Å²) in [6, 6.07) is 22.7. The van der Waals surface area contributed by atoms with E-state index in [2.05, 4.69) is 86.7 Å². The van der Waals surface area contributed by atoms with Gasteiger partial charge < -0.3 is 0 Å². The molecule has 4 heteroatoms. The van der Waals surface area contributed by atoms with Gasteiger partial charge in [-0.25, -0.2) is 12.2 Å². The van der Waals surface area contributed by atoms with Crippen LogP contribution in [0.5, 0.6) is 0 Å². The molecule has 0 nitrogen and oxygen atoms in total. The number of hydrogen-bond donors (Lipinski definition) is 0. The van der Waals surface area contributed by atoms with Crippen LogP contribution in [-0.4, -0.2) is 0 Å². The number of fused-ring (bicyclic) bond motifs is 4. The largest absolute Gasteiger partial charge is 0.157 e. The van der Waals surface area contributed by atoms with Gasteiger partial charge in [0.25, 0.3) is 0 Å². The van der Waals surface area contributed by atoms with Gasteiger partial charge in [-0.1, -0.05) is 54.9 Å². The van der Waals surface area contributed by atoms with E-state index in [1.807, 2.05) is 12.2 Å². The smallest absolute Gasteiger partial charge is 0.00467 e. The summed E-state index contributed by atoms with van der Waals surface area (Å²) in [5, 5.41) is 9.21. The molecule has 2 aliphatic carbocycles. The van der Waals surface area contributed by atoms with E-state index in [1.165, 1.54) is 30.0 Å². The van der Waals surface area contributed by atoms with Gasteiger partial charge in [0.1, 0.15) is 0 Å². The van der Waals surface area contributed by atoms with Crippen molar-refractivity contribution in [3.05, 3.63) is 95.8 Å². The minimum absolute atomic E-state index is 0.208. The van der Waals surface area contributed by atoms with Gasteiger partial charge in [0.2, 0.25) is 0 Å². The average molecular weight is 543 g/mol. The first-order valence-corrected chi connectivity index (χ1v) is 18.2. The van der Waals surface area contributed by atoms with Crippen molar-refractivity contribution < 1.29 is 20.8 Å². The molecule has 0 bridgehead atoms. The van der Waals surface area contributed by atoms with Gasteiger partial charge in [-0.3, -0.25) is 6.08 Å². The monoisotopic (exact) mass is 540 g/mol. The molecule has 1 aromatic heterocycles. The van der Waals surface area contributed by atoms with Gasteiger partial charge in [-0.05, 0) is 35.5 Å². The SMILES string of the molecule is CC1(C)[C-]=CC=C1.[Cl][Zr+2][Cl].c1ccc2[cH-]c(-p3c4c(c5ccccc53)CCC4)cc2c1. The number of aryl methyl sites for hydroxylation is 1. The minimum atomic E-state index is -0.826. The quantitative estimate of drug-likeness (QED) is 0.210. The molecule has 31 heavy (non-hydrogen) atoms. The second-order valence-corrected chi connectivity index (χ2v) is 14.4. The predicted octanol–water partition coefficient (Wildman–Crippen LogP) is 9.49. The standard InChI is InChI=1S/C20H16P.C7H9.2ClH.Zr/c1-2-7-15-13-16(12-14(15)6-1)21-19-10-4-3-8-17(19)18-9-5-11-20(18)21;1-7(2)5-3-4-6-7;;;/h1-4,6-8,10,12-13H,5,9,11H2;3-5H,1-2H3;2*1H;/q2*-1;;;+4/p-2. The zero-order chi connectivity index (χ0) is 21.8. The Balaban J connectivity index is 0.000000195. The summed E-state index contributed by atoms with van der Waals surface area (Å²) in [6.45, 7) is 4.26. The molecule has 1 atom stereocenters. The van der Waals surface area contributed by atoms with E-state index in [0.717, 1.165) is 0 Å². The second-order valence-electron chi connectivity index (χ2n) is 8.44. The van der Waals surface area contributed by atoms with Crippen LogP contribution in [0, 0.1) is 11.5 Å². The van der Waals surface area contributed by atoms with Crippen molar-refractivity contribution in [3.63, 3.8) is 0 Å². The summed E-state index contributed by atoms with van der Waals surface area (Å²) in [6.07, 6.45) is 13.2. The van der Waals surface area contributed by atoms with E-state index < -0.39 is 20.8 Å². The van der Waals surface area contributed by atoms with Crippen LogP contribution in [0.2, 0.25) is 0 Å². The number of rotatable bonds is 1. The van der Waals surface area contributed by atoms with Gasteiger partial charge in [-0.2, -0.15) is 12.1 Å². The van der Waals surface area contributed by atoms with E-state index in [9.17, 15) is 0 Å². The molecule has 0 amide bonds. The maximum absolute atomic E-state index is 4.93. The molecule has 6 rings (SSSR count). The third-order valence-electron chi connectivity index (χ3n) is 5.85. The van der Waals surface area contributed by atoms with Crippen LogP contribution in [0.4, 0.5) is 0 Å². The fourth-order valence-electron chi connectivity index (χ4n) is 4.49. The summed E-state index contributed by atoms with van der Waals surface area (Å²) < 4.78 is 0. The van der Waals surface area contributed by atoms with Crippen molar-refractivity contribution in [1.29, 1.82) is 0 Å². The number of allylic oxidation sites excluding steroid dienone is 4. The van der Waals surface area contributed by atoms with Crippen molar-refractivity contribution in [3.8, 4) is 5.30 Å². The van der Waals surface area contributed by atoms with E-state index in [0.29, 0.717) is 0 Å². The molecule has 4 aromatic rings. The molecular formula is C27H25Cl2PZr. The van der Waals surface area contributed by atoms with Gasteiger partial charge in [-0.15, -0.1) is 42.6 Å². The third-order valence-corrected chi connectivity index (χ3v) is 8.53. The molecule has 0 spiro atoms. The Bertz CT molecular complexity index is 1200. The molecule has 0 N–H and O–H groups in total. The molecule has 3 aromatic carbocycles. The average Bonchev–Trinajstić information content (AvgIpc) is 3.51. The Morgan fingerprint density at radius 3 is 2.45 bits per heavy atom. The summed E-state index contributed by atoms with van der Waals surface area (Å²) >= 11 is -0.826. The van der Waals surface area contributed by atoms with Crippen LogP contribution in [0.1, 0.15) is 31.1 Å². The van der Waals surface area contributed by atoms with Gasteiger partial charge >= 0.3 is 37.9 Å². The topological polar surface area (TPSA) is 0 Å². The maximum Gasteiger partial charge on any atom is 0.00467 e. The van der Waals surface area contributed by atoms with E-state index in [4.69, 9.17) is 17.0 Å². The Morgan fingerprint density at radius 1 is 1.03 bits per heavy atom. The first-order valence-electron chi connectivity index (χ1n) is 10.6. The zero-order valence-corrected chi connectivity index (χ0v) is 22.7. The van der Waals surface area contributed by atoms with Crippen molar-refractivity contribution in [2.24, 2.45) is 5.41 Å². The van der Waals surface area contributed by atoms with E-state index in [-0.39, 0.29) is 12.9 Å². The predicted molar refractivity (Wildman–Crippen MR) is 136 cm³/mol. The van der Waals surface area contributed by atoms with Gasteiger partial charge in [0.15, 0.2) is 0 Å². The summed E-state index contributed by atoms with van der Waals surface area (Å²) in [5.74, 6) is 0. The van der Waals surface area contributed by atoms with Crippen LogP contribution >= 0.6 is 24.6 Å². The zero-order valence-electron chi connectivity index (χ0n) is 17.8. The Hall–Kier alpha value is -0.967. The van der Waals surface area contributed by atoms with E-state index in [1.54, 1.807) is 26.7 Å². The summed E-state index contributed by atoms with van der Waals surface area (Å²) in [5.41, 5.74) is 1.88. The van der Waals surface area contributed by atoms with Gasteiger partial charge in [0.05, 0.1) is 0 Å². The molecule has 0 aliphatic heterocycles. The van der Waals surface area contributed by atoms with Crippen LogP contribution in [0.25, 0.3) is 26.6 Å². The van der Waals surface area contributed by atoms with Crippen molar-refractivity contribution >= 4 is 45.8 Å². The van der Waals surface area contributed by atoms with Crippen LogP contribution in [0.15, 0.2) is 78.9 Å². The maximum atomic E-state index is 4.93. The molecule has 0 saturated heterocycles. The first-order chi connectivity index (χ1) is 15.0. The second kappa shape index (κ2) is 10.3. The summed E-state index contributed by atoms with van der Waals surface area (Å²) in [4.78, 5) is 0. The van der Waals surface area contributed by atoms with Gasteiger partial charge in [0, 0.05) is 5.12 Å². The van der Waals surface area contributed by atoms with Crippen molar-refractivity contribution in [2.45, 2.75) is 33.1 Å². The Morgan fingerprint density at radius 2 is 1.77 bits per heavy atom. The fourth-order valence-corrected chi connectivity index (χ4v) is 7.48. The normalized spacial score (nSPS) is 15.8. The first kappa shape index (κ1) is 23.2. The Labute approximate surface area is 205 Å². The van der Waals surface area contributed by atoms with Crippen molar-refractivity contribution in [1.82, 2.24) is 0 Å². The molecule has 0 fully saturated rings. The Kier molecular flexibility index (Phi) is 7.72.